The average molecular weight is 320 g/mol. The fraction of sp³-hybridized carbons (Fsp3) is 0.400. The van der Waals surface area contributed by atoms with Gasteiger partial charge in [0, 0.05) is 24.8 Å². The Morgan fingerprint density at radius 1 is 1.09 bits per heavy atom. The smallest absolute Gasteiger partial charge is 0.230 e. The molecule has 0 fully saturated rings. The summed E-state index contributed by atoms with van der Waals surface area (Å²) < 4.78 is 2.66. The Kier molecular flexibility index (Phi) is 4.75. The van der Waals surface area contributed by atoms with Gasteiger partial charge in [-0.3, -0.25) is 14.3 Å². The van der Waals surface area contributed by atoms with Crippen LogP contribution in [0.15, 0.2) is 5.16 Å². The van der Waals surface area contributed by atoms with Gasteiger partial charge in [0.25, 0.3) is 0 Å². The number of fused-ring (bicyclic) bond motifs is 1. The standard InChI is InChI=1S/C15H20N4O2S/c1-7-8(2)10(4)14-13(9(7)3)17-15(18-14)22-19-12(21)6-5-11(16)20/h5-6H2,1-4H3,(H2,16,20)(H,17,18)(H,19,21). The van der Waals surface area contributed by atoms with E-state index in [-0.39, 0.29) is 18.7 Å². The van der Waals surface area contributed by atoms with E-state index in [1.54, 1.807) is 0 Å². The van der Waals surface area contributed by atoms with Crippen LogP contribution < -0.4 is 10.5 Å². The second-order valence-corrected chi connectivity index (χ2v) is 6.15. The minimum Gasteiger partial charge on any atom is -0.370 e. The molecule has 1 aromatic carbocycles. The molecule has 0 spiro atoms. The van der Waals surface area contributed by atoms with Gasteiger partial charge < -0.3 is 10.7 Å². The highest BCUT2D eigenvalue weighted by molar-refractivity contribution is 7.97. The molecule has 2 aromatic rings. The van der Waals surface area contributed by atoms with Crippen molar-refractivity contribution in [3.05, 3.63) is 22.3 Å². The van der Waals surface area contributed by atoms with Gasteiger partial charge in [-0.2, -0.15) is 0 Å². The van der Waals surface area contributed by atoms with Gasteiger partial charge in [0.1, 0.15) is 0 Å². The number of hydrogen-bond acceptors (Lipinski definition) is 4. The Balaban J connectivity index is 2.17. The number of rotatable bonds is 5. The Morgan fingerprint density at radius 3 is 2.36 bits per heavy atom. The lowest BCUT2D eigenvalue weighted by atomic mass is 9.98. The number of carbonyl (C=O) groups is 2. The molecule has 0 atom stereocenters. The molecule has 0 aliphatic rings. The third-order valence-corrected chi connectivity index (χ3v) is 4.68. The molecule has 0 aliphatic carbocycles. The van der Waals surface area contributed by atoms with Gasteiger partial charge in [0.2, 0.25) is 11.8 Å². The fourth-order valence-electron chi connectivity index (χ4n) is 2.26. The number of aryl methyl sites for hydroxylation is 2. The molecular weight excluding hydrogens is 300 g/mol. The van der Waals surface area contributed by atoms with E-state index < -0.39 is 5.91 Å². The monoisotopic (exact) mass is 320 g/mol. The fourth-order valence-corrected chi connectivity index (χ4v) is 2.87. The lowest BCUT2D eigenvalue weighted by Crippen LogP contribution is -2.19. The van der Waals surface area contributed by atoms with Crippen molar-refractivity contribution in [2.45, 2.75) is 45.7 Å². The van der Waals surface area contributed by atoms with Crippen LogP contribution in [0.3, 0.4) is 0 Å². The van der Waals surface area contributed by atoms with Gasteiger partial charge in [0.15, 0.2) is 5.16 Å². The highest BCUT2D eigenvalue weighted by Gasteiger charge is 2.14. The molecule has 0 unspecified atom stereocenters. The number of nitrogens with two attached hydrogens (primary N) is 1. The first-order valence-electron chi connectivity index (χ1n) is 7.01. The summed E-state index contributed by atoms with van der Waals surface area (Å²) in [4.78, 5) is 30.0. The third-order valence-electron chi connectivity index (χ3n) is 3.96. The van der Waals surface area contributed by atoms with Crippen LogP contribution in [0.25, 0.3) is 11.0 Å². The van der Waals surface area contributed by atoms with Gasteiger partial charge in [0.05, 0.1) is 11.0 Å². The SMILES string of the molecule is Cc1c(C)c(C)c2[nH]c(SNC(=O)CCC(N)=O)nc2c1C. The number of amides is 2. The first-order chi connectivity index (χ1) is 10.3. The van der Waals surface area contributed by atoms with Crippen molar-refractivity contribution < 1.29 is 9.59 Å². The van der Waals surface area contributed by atoms with E-state index in [4.69, 9.17) is 5.73 Å². The summed E-state index contributed by atoms with van der Waals surface area (Å²) in [5.74, 6) is -0.730. The molecule has 4 N–H and O–H groups in total. The Morgan fingerprint density at radius 2 is 1.73 bits per heavy atom. The van der Waals surface area contributed by atoms with Gasteiger partial charge in [-0.1, -0.05) is 0 Å². The van der Waals surface area contributed by atoms with Gasteiger partial charge in [-0.05, 0) is 49.9 Å². The zero-order valence-electron chi connectivity index (χ0n) is 13.2. The highest BCUT2D eigenvalue weighted by atomic mass is 32.2. The van der Waals surface area contributed by atoms with Crippen LogP contribution in [-0.4, -0.2) is 21.8 Å². The number of aromatic amines is 1. The topological polar surface area (TPSA) is 101 Å². The summed E-state index contributed by atoms with van der Waals surface area (Å²) >= 11 is 1.12. The number of primary amides is 1. The van der Waals surface area contributed by atoms with Crippen molar-refractivity contribution in [3.8, 4) is 0 Å². The van der Waals surface area contributed by atoms with Crippen LogP contribution in [0.1, 0.15) is 35.1 Å². The molecule has 22 heavy (non-hydrogen) atoms. The van der Waals surface area contributed by atoms with Gasteiger partial charge in [-0.25, -0.2) is 4.98 Å². The Labute approximate surface area is 133 Å². The second kappa shape index (κ2) is 6.39. The molecule has 0 saturated carbocycles. The summed E-state index contributed by atoms with van der Waals surface area (Å²) in [5, 5.41) is 0.624. The van der Waals surface area contributed by atoms with Crippen LogP contribution in [0.5, 0.6) is 0 Å². The minimum absolute atomic E-state index is 0.0448. The Bertz CT molecular complexity index is 707. The lowest BCUT2D eigenvalue weighted by Gasteiger charge is -2.09. The van der Waals surface area contributed by atoms with Crippen LogP contribution in [0.4, 0.5) is 0 Å². The van der Waals surface area contributed by atoms with Crippen molar-refractivity contribution in [1.29, 1.82) is 0 Å². The number of benzene rings is 1. The van der Waals surface area contributed by atoms with E-state index in [2.05, 4.69) is 35.5 Å². The van der Waals surface area contributed by atoms with Crippen molar-refractivity contribution in [1.82, 2.24) is 14.7 Å². The molecule has 2 rings (SSSR count). The largest absolute Gasteiger partial charge is 0.370 e. The zero-order chi connectivity index (χ0) is 16.4. The van der Waals surface area contributed by atoms with Crippen LogP contribution >= 0.6 is 11.9 Å². The summed E-state index contributed by atoms with van der Waals surface area (Å²) in [7, 11) is 0. The van der Waals surface area contributed by atoms with Gasteiger partial charge in [-0.15, -0.1) is 0 Å². The Hall–Kier alpha value is -2.02. The quantitative estimate of drug-likeness (QED) is 0.735. The molecule has 0 bridgehead atoms. The summed E-state index contributed by atoms with van der Waals surface area (Å²) in [6.45, 7) is 8.29. The second-order valence-electron chi connectivity index (χ2n) is 5.36. The summed E-state index contributed by atoms with van der Waals surface area (Å²) in [6.07, 6.45) is 0.127. The maximum Gasteiger partial charge on any atom is 0.230 e. The molecule has 118 valence electrons. The van der Waals surface area contributed by atoms with Crippen LogP contribution in [0, 0.1) is 27.7 Å². The summed E-state index contributed by atoms with van der Waals surface area (Å²) in [5.41, 5.74) is 11.7. The first kappa shape index (κ1) is 16.4. The number of nitrogens with one attached hydrogen (secondary N) is 2. The molecule has 0 aliphatic heterocycles. The number of carbonyl (C=O) groups excluding carboxylic acids is 2. The number of H-pyrrole nitrogens is 1. The van der Waals surface area contributed by atoms with Crippen LogP contribution in [0.2, 0.25) is 0 Å². The predicted molar refractivity (Wildman–Crippen MR) is 87.5 cm³/mol. The highest BCUT2D eigenvalue weighted by Crippen LogP contribution is 2.29. The zero-order valence-corrected chi connectivity index (χ0v) is 14.0. The minimum atomic E-state index is -0.485. The van der Waals surface area contributed by atoms with Crippen molar-refractivity contribution in [2.24, 2.45) is 5.73 Å². The van der Waals surface area contributed by atoms with Crippen molar-refractivity contribution >= 4 is 34.8 Å². The summed E-state index contributed by atoms with van der Waals surface area (Å²) in [6, 6.07) is 0. The number of nitrogens with zero attached hydrogens (tertiary/aromatic N) is 1. The van der Waals surface area contributed by atoms with Crippen molar-refractivity contribution in [3.63, 3.8) is 0 Å². The number of imidazole rings is 1. The molecule has 1 aromatic heterocycles. The van der Waals surface area contributed by atoms with E-state index in [9.17, 15) is 9.59 Å². The van der Waals surface area contributed by atoms with E-state index in [0.29, 0.717) is 5.16 Å². The normalized spacial score (nSPS) is 10.9. The maximum absolute atomic E-state index is 11.6. The van der Waals surface area contributed by atoms with Crippen LogP contribution in [-0.2, 0) is 9.59 Å². The number of hydrogen-bond donors (Lipinski definition) is 3. The molecule has 6 nitrogen and oxygen atoms in total. The van der Waals surface area contributed by atoms with E-state index >= 15 is 0 Å². The lowest BCUT2D eigenvalue weighted by molar-refractivity contribution is -0.123. The molecule has 0 saturated heterocycles. The first-order valence-corrected chi connectivity index (χ1v) is 7.83. The molecular formula is C15H20N4O2S. The molecule has 0 radical (unpaired) electrons. The van der Waals surface area contributed by atoms with E-state index in [0.717, 1.165) is 34.1 Å². The van der Waals surface area contributed by atoms with Crippen molar-refractivity contribution in [2.75, 3.05) is 0 Å². The third kappa shape index (κ3) is 3.24. The molecule has 1 heterocycles. The molecule has 2 amide bonds. The number of aromatic nitrogens is 2. The predicted octanol–water partition coefficient (Wildman–Crippen LogP) is 2.19. The van der Waals surface area contributed by atoms with Gasteiger partial charge >= 0.3 is 0 Å². The van der Waals surface area contributed by atoms with E-state index in [1.807, 2.05) is 6.92 Å². The average Bonchev–Trinajstić information content (AvgIpc) is 2.91. The maximum atomic E-state index is 11.6. The molecule has 7 heteroatoms. The van der Waals surface area contributed by atoms with E-state index in [1.165, 1.54) is 11.1 Å².